The number of piperidine rings is 1. The first kappa shape index (κ1) is 14.3. The summed E-state index contributed by atoms with van der Waals surface area (Å²) in [5.41, 5.74) is -0.788. The van der Waals surface area contributed by atoms with E-state index >= 15 is 0 Å². The Morgan fingerprint density at radius 2 is 1.85 bits per heavy atom. The minimum absolute atomic E-state index is 0.186. The molecule has 2 aliphatic heterocycles. The fourth-order valence-electron chi connectivity index (χ4n) is 4.21. The average molecular weight is 281 g/mol. The van der Waals surface area contributed by atoms with Crippen LogP contribution in [-0.4, -0.2) is 46.8 Å². The Morgan fingerprint density at radius 3 is 2.45 bits per heavy atom. The highest BCUT2D eigenvalue weighted by atomic mass is 16.5. The van der Waals surface area contributed by atoms with Gasteiger partial charge >= 0.3 is 0 Å². The van der Waals surface area contributed by atoms with E-state index in [4.69, 9.17) is 4.74 Å². The normalized spacial score (nSPS) is 34.6. The third-order valence-electron chi connectivity index (χ3n) is 5.44. The van der Waals surface area contributed by atoms with Crippen molar-refractivity contribution >= 4 is 5.91 Å². The topological polar surface area (TPSA) is 49.8 Å². The highest BCUT2D eigenvalue weighted by Crippen LogP contribution is 2.40. The van der Waals surface area contributed by atoms with Crippen molar-refractivity contribution in [1.82, 2.24) is 4.90 Å². The van der Waals surface area contributed by atoms with Gasteiger partial charge < -0.3 is 14.7 Å². The molecule has 2 saturated heterocycles. The summed E-state index contributed by atoms with van der Waals surface area (Å²) in [5.74, 6) is 0.638. The summed E-state index contributed by atoms with van der Waals surface area (Å²) in [7, 11) is 0. The van der Waals surface area contributed by atoms with Crippen molar-refractivity contribution in [3.63, 3.8) is 0 Å². The van der Waals surface area contributed by atoms with E-state index in [1.165, 1.54) is 12.8 Å². The molecule has 0 aromatic rings. The maximum Gasteiger partial charge on any atom is 0.225 e. The molecule has 0 aromatic carbocycles. The molecule has 3 fully saturated rings. The lowest BCUT2D eigenvalue weighted by Gasteiger charge is -2.48. The predicted octanol–water partition coefficient (Wildman–Crippen LogP) is 2.10. The van der Waals surface area contributed by atoms with E-state index in [2.05, 4.69) is 0 Å². The Kier molecular flexibility index (Phi) is 3.80. The van der Waals surface area contributed by atoms with Crippen LogP contribution in [0.4, 0.5) is 0 Å². The number of hydrogen-bond acceptors (Lipinski definition) is 3. The van der Waals surface area contributed by atoms with Gasteiger partial charge in [-0.15, -0.1) is 0 Å². The summed E-state index contributed by atoms with van der Waals surface area (Å²) in [6.07, 6.45) is 7.76. The van der Waals surface area contributed by atoms with Gasteiger partial charge in [-0.1, -0.05) is 12.8 Å². The van der Waals surface area contributed by atoms with E-state index in [1.54, 1.807) is 0 Å². The van der Waals surface area contributed by atoms with Crippen LogP contribution in [0.2, 0.25) is 0 Å². The molecule has 1 spiro atoms. The zero-order valence-corrected chi connectivity index (χ0v) is 12.6. The fraction of sp³-hybridized carbons (Fsp3) is 0.938. The van der Waals surface area contributed by atoms with Crippen LogP contribution in [0.3, 0.4) is 0 Å². The molecule has 1 amide bonds. The zero-order valence-electron chi connectivity index (χ0n) is 12.6. The molecule has 1 aliphatic carbocycles. The third-order valence-corrected chi connectivity index (χ3v) is 5.44. The Labute approximate surface area is 121 Å². The number of amides is 1. The van der Waals surface area contributed by atoms with Crippen molar-refractivity contribution in [2.24, 2.45) is 5.92 Å². The second kappa shape index (κ2) is 5.30. The van der Waals surface area contributed by atoms with Crippen LogP contribution >= 0.6 is 0 Å². The number of nitrogens with zero attached hydrogens (tertiary/aromatic N) is 1. The van der Waals surface area contributed by atoms with Crippen LogP contribution in [0.5, 0.6) is 0 Å². The second-order valence-electron chi connectivity index (χ2n) is 7.26. The molecule has 0 radical (unpaired) electrons. The minimum Gasteiger partial charge on any atom is -0.390 e. The van der Waals surface area contributed by atoms with Gasteiger partial charge in [0.2, 0.25) is 5.91 Å². The van der Waals surface area contributed by atoms with Crippen molar-refractivity contribution in [2.45, 2.75) is 69.5 Å². The first-order chi connectivity index (χ1) is 9.50. The molecule has 1 saturated carbocycles. The van der Waals surface area contributed by atoms with Crippen molar-refractivity contribution in [1.29, 1.82) is 0 Å². The summed E-state index contributed by atoms with van der Waals surface area (Å²) < 4.78 is 6.00. The lowest BCUT2D eigenvalue weighted by Crippen LogP contribution is -2.55. The van der Waals surface area contributed by atoms with E-state index < -0.39 is 5.60 Å². The molecular formula is C16H27NO3. The van der Waals surface area contributed by atoms with Crippen molar-refractivity contribution in [2.75, 3.05) is 19.7 Å². The summed E-state index contributed by atoms with van der Waals surface area (Å²) in [4.78, 5) is 14.5. The monoisotopic (exact) mass is 281 g/mol. The van der Waals surface area contributed by atoms with E-state index in [0.29, 0.717) is 18.9 Å². The Morgan fingerprint density at radius 1 is 1.20 bits per heavy atom. The van der Waals surface area contributed by atoms with E-state index in [-0.39, 0.29) is 11.5 Å². The largest absolute Gasteiger partial charge is 0.390 e. The van der Waals surface area contributed by atoms with Crippen LogP contribution in [0.15, 0.2) is 0 Å². The molecule has 20 heavy (non-hydrogen) atoms. The van der Waals surface area contributed by atoms with Gasteiger partial charge in [0.25, 0.3) is 0 Å². The van der Waals surface area contributed by atoms with Gasteiger partial charge in [-0.25, -0.2) is 0 Å². The fourth-order valence-corrected chi connectivity index (χ4v) is 4.21. The number of rotatable bonds is 1. The first-order valence-electron chi connectivity index (χ1n) is 8.15. The first-order valence-corrected chi connectivity index (χ1v) is 8.15. The Hall–Kier alpha value is -0.610. The predicted molar refractivity (Wildman–Crippen MR) is 76.3 cm³/mol. The molecule has 1 atom stereocenters. The smallest absolute Gasteiger partial charge is 0.225 e. The van der Waals surface area contributed by atoms with Crippen LogP contribution in [0, 0.1) is 5.92 Å². The molecule has 1 N–H and O–H groups in total. The summed E-state index contributed by atoms with van der Waals surface area (Å²) in [6, 6.07) is 0. The Balaban J connectivity index is 1.57. The number of carbonyl (C=O) groups excluding carboxylic acids is 1. The third kappa shape index (κ3) is 2.86. The molecule has 4 nitrogen and oxygen atoms in total. The highest BCUT2D eigenvalue weighted by Gasteiger charge is 2.45. The quantitative estimate of drug-likeness (QED) is 0.801. The number of aliphatic hydroxyl groups is 1. The molecule has 2 heterocycles. The van der Waals surface area contributed by atoms with Crippen molar-refractivity contribution in [3.8, 4) is 0 Å². The van der Waals surface area contributed by atoms with Gasteiger partial charge in [0, 0.05) is 25.4 Å². The molecule has 114 valence electrons. The van der Waals surface area contributed by atoms with E-state index in [0.717, 1.165) is 45.2 Å². The summed E-state index contributed by atoms with van der Waals surface area (Å²) in [5, 5.41) is 10.3. The molecule has 3 rings (SSSR count). The molecule has 1 unspecified atom stereocenters. The molecule has 0 bridgehead atoms. The van der Waals surface area contributed by atoms with Crippen LogP contribution in [0.25, 0.3) is 0 Å². The number of hydrogen-bond donors (Lipinski definition) is 1. The van der Waals surface area contributed by atoms with Crippen LogP contribution < -0.4 is 0 Å². The maximum atomic E-state index is 12.4. The van der Waals surface area contributed by atoms with Gasteiger partial charge in [-0.2, -0.15) is 0 Å². The van der Waals surface area contributed by atoms with Gasteiger partial charge in [0.15, 0.2) is 0 Å². The van der Waals surface area contributed by atoms with Crippen molar-refractivity contribution in [3.05, 3.63) is 0 Å². The van der Waals surface area contributed by atoms with Crippen LogP contribution in [0.1, 0.15) is 58.3 Å². The van der Waals surface area contributed by atoms with E-state index in [1.807, 2.05) is 11.8 Å². The highest BCUT2D eigenvalue weighted by molar-refractivity contribution is 5.79. The van der Waals surface area contributed by atoms with Gasteiger partial charge in [-0.3, -0.25) is 4.79 Å². The summed E-state index contributed by atoms with van der Waals surface area (Å²) in [6.45, 7) is 4.15. The number of likely N-dealkylation sites (tertiary alicyclic amines) is 1. The lowest BCUT2D eigenvalue weighted by atomic mass is 9.77. The van der Waals surface area contributed by atoms with Crippen LogP contribution in [-0.2, 0) is 9.53 Å². The zero-order chi connectivity index (χ0) is 14.2. The number of carbonyl (C=O) groups is 1. The maximum absolute atomic E-state index is 12.4. The molecular weight excluding hydrogens is 254 g/mol. The standard InChI is InChI=1S/C16H27NO3/c1-15(19)8-11-20-16(12-15)6-9-17(10-7-16)14(18)13-4-2-3-5-13/h13,19H,2-12H2,1H3. The minimum atomic E-state index is -0.601. The van der Waals surface area contributed by atoms with Gasteiger partial charge in [-0.05, 0) is 39.0 Å². The van der Waals surface area contributed by atoms with Crippen molar-refractivity contribution < 1.29 is 14.6 Å². The van der Waals surface area contributed by atoms with Gasteiger partial charge in [0.05, 0.1) is 17.8 Å². The second-order valence-corrected chi connectivity index (χ2v) is 7.26. The molecule has 3 aliphatic rings. The molecule has 0 aromatic heterocycles. The summed E-state index contributed by atoms with van der Waals surface area (Å²) >= 11 is 0. The molecule has 4 heteroatoms. The Bertz CT molecular complexity index is 366. The van der Waals surface area contributed by atoms with Gasteiger partial charge in [0.1, 0.15) is 0 Å². The SMILES string of the molecule is CC1(O)CCOC2(CCN(C(=O)C3CCCC3)CC2)C1. The van der Waals surface area contributed by atoms with E-state index in [9.17, 15) is 9.90 Å². The lowest BCUT2D eigenvalue weighted by molar-refractivity contribution is -0.176. The number of ether oxygens (including phenoxy) is 1. The average Bonchev–Trinajstić information content (AvgIpc) is 2.91.